The van der Waals surface area contributed by atoms with E-state index in [0.29, 0.717) is 4.88 Å². The van der Waals surface area contributed by atoms with Gasteiger partial charge < -0.3 is 5.73 Å². The highest BCUT2D eigenvalue weighted by atomic mass is 32.1. The molecule has 0 spiro atoms. The second-order valence-electron chi connectivity index (χ2n) is 3.41. The summed E-state index contributed by atoms with van der Waals surface area (Å²) < 4.78 is 37.5. The maximum atomic E-state index is 12.5. The topological polar surface area (TPSA) is 51.8 Å². The van der Waals surface area contributed by atoms with Gasteiger partial charge in [0.1, 0.15) is 5.82 Å². The van der Waals surface area contributed by atoms with E-state index in [0.717, 1.165) is 4.88 Å². The maximum Gasteiger partial charge on any atom is 0.451 e. The molecule has 3 nitrogen and oxygen atoms in total. The first-order valence-electron chi connectivity index (χ1n) is 4.65. The summed E-state index contributed by atoms with van der Waals surface area (Å²) in [5, 5.41) is 0. The number of anilines is 1. The summed E-state index contributed by atoms with van der Waals surface area (Å²) in [6.45, 7) is 1.86. The van der Waals surface area contributed by atoms with Crippen molar-refractivity contribution in [2.45, 2.75) is 13.1 Å². The van der Waals surface area contributed by atoms with E-state index in [4.69, 9.17) is 5.73 Å². The second kappa shape index (κ2) is 3.99. The third-order valence-corrected chi connectivity index (χ3v) is 3.02. The largest absolute Gasteiger partial charge is 0.451 e. The number of nitrogen functional groups attached to an aromatic ring is 1. The normalized spacial score (nSPS) is 11.8. The van der Waals surface area contributed by atoms with Gasteiger partial charge in [0.25, 0.3) is 0 Å². The van der Waals surface area contributed by atoms with Crippen LogP contribution in [0.25, 0.3) is 10.6 Å². The average Bonchev–Trinajstić information content (AvgIpc) is 2.62. The van der Waals surface area contributed by atoms with Crippen molar-refractivity contribution < 1.29 is 13.2 Å². The van der Waals surface area contributed by atoms with Crippen LogP contribution in [0.3, 0.4) is 0 Å². The fraction of sp³-hybridized carbons (Fsp3) is 0.200. The molecule has 0 aliphatic heterocycles. The van der Waals surface area contributed by atoms with Gasteiger partial charge in [0.15, 0.2) is 0 Å². The molecule has 0 fully saturated rings. The van der Waals surface area contributed by atoms with Gasteiger partial charge in [0.2, 0.25) is 5.82 Å². The van der Waals surface area contributed by atoms with E-state index in [1.165, 1.54) is 17.4 Å². The highest BCUT2D eigenvalue weighted by Gasteiger charge is 2.35. The molecule has 90 valence electrons. The predicted molar refractivity (Wildman–Crippen MR) is 59.5 cm³/mol. The van der Waals surface area contributed by atoms with Crippen LogP contribution in [-0.4, -0.2) is 9.97 Å². The summed E-state index contributed by atoms with van der Waals surface area (Å²) in [5.74, 6) is -1.40. The van der Waals surface area contributed by atoms with Crippen LogP contribution >= 0.6 is 11.3 Å². The van der Waals surface area contributed by atoms with Gasteiger partial charge >= 0.3 is 6.18 Å². The molecule has 0 aliphatic rings. The van der Waals surface area contributed by atoms with Crippen molar-refractivity contribution in [3.63, 3.8) is 0 Å². The monoisotopic (exact) mass is 259 g/mol. The van der Waals surface area contributed by atoms with Crippen LogP contribution in [0.1, 0.15) is 10.7 Å². The molecular weight excluding hydrogens is 251 g/mol. The van der Waals surface area contributed by atoms with E-state index in [2.05, 4.69) is 9.97 Å². The number of hydrogen-bond donors (Lipinski definition) is 1. The first-order chi connectivity index (χ1) is 7.86. The molecule has 7 heteroatoms. The minimum atomic E-state index is -4.59. The van der Waals surface area contributed by atoms with Crippen LogP contribution in [0.2, 0.25) is 0 Å². The Morgan fingerprint density at radius 3 is 2.47 bits per heavy atom. The van der Waals surface area contributed by atoms with Crippen molar-refractivity contribution >= 4 is 17.2 Å². The summed E-state index contributed by atoms with van der Waals surface area (Å²) in [5.41, 5.74) is 5.55. The standard InChI is InChI=1S/C10H8F3N3S/c1-5-2-3-7(17-5)6-4-8(14)16-9(15-6)10(11,12)13/h2-4H,1H3,(H2,14,15,16). The number of alkyl halides is 3. The predicted octanol–water partition coefficient (Wildman–Crippen LogP) is 3.11. The Balaban J connectivity index is 2.52. The van der Waals surface area contributed by atoms with Crippen molar-refractivity contribution in [2.24, 2.45) is 0 Å². The minimum Gasteiger partial charge on any atom is -0.384 e. The molecule has 2 aromatic rings. The lowest BCUT2D eigenvalue weighted by Gasteiger charge is -2.07. The Hall–Kier alpha value is -1.63. The number of hydrogen-bond acceptors (Lipinski definition) is 4. The molecule has 2 N–H and O–H groups in total. The molecule has 2 heterocycles. The molecule has 0 aromatic carbocycles. The molecule has 0 aliphatic carbocycles. The van der Waals surface area contributed by atoms with E-state index in [-0.39, 0.29) is 11.5 Å². The zero-order valence-corrected chi connectivity index (χ0v) is 9.56. The number of aryl methyl sites for hydroxylation is 1. The molecule has 0 atom stereocenters. The molecule has 0 radical (unpaired) electrons. The van der Waals surface area contributed by atoms with Crippen LogP contribution in [0.5, 0.6) is 0 Å². The molecule has 0 saturated heterocycles. The van der Waals surface area contributed by atoms with Gasteiger partial charge in [-0.2, -0.15) is 13.2 Å². The molecule has 0 amide bonds. The van der Waals surface area contributed by atoms with Crippen molar-refractivity contribution in [1.82, 2.24) is 9.97 Å². The SMILES string of the molecule is Cc1ccc(-c2cc(N)nc(C(F)(F)F)n2)s1. The number of aromatic nitrogens is 2. The molecule has 0 bridgehead atoms. The zero-order chi connectivity index (χ0) is 12.6. The molecule has 2 rings (SSSR count). The highest BCUT2D eigenvalue weighted by Crippen LogP contribution is 2.31. The summed E-state index contributed by atoms with van der Waals surface area (Å²) in [4.78, 5) is 8.30. The number of nitrogens with zero attached hydrogens (tertiary/aromatic N) is 2. The average molecular weight is 259 g/mol. The van der Waals surface area contributed by atoms with E-state index < -0.39 is 12.0 Å². The highest BCUT2D eigenvalue weighted by molar-refractivity contribution is 7.15. The Morgan fingerprint density at radius 1 is 1.24 bits per heavy atom. The minimum absolute atomic E-state index is 0.187. The number of rotatable bonds is 1. The van der Waals surface area contributed by atoms with Gasteiger partial charge in [-0.05, 0) is 19.1 Å². The Bertz CT molecular complexity index is 548. The van der Waals surface area contributed by atoms with Crippen molar-refractivity contribution in [3.05, 3.63) is 28.9 Å². The molecule has 2 aromatic heterocycles. The van der Waals surface area contributed by atoms with E-state index in [1.807, 2.05) is 13.0 Å². The molecular formula is C10H8F3N3S. The van der Waals surface area contributed by atoms with Crippen LogP contribution < -0.4 is 5.73 Å². The smallest absolute Gasteiger partial charge is 0.384 e. The first-order valence-corrected chi connectivity index (χ1v) is 5.46. The third kappa shape index (κ3) is 2.55. The van der Waals surface area contributed by atoms with Crippen molar-refractivity contribution in [3.8, 4) is 10.6 Å². The van der Waals surface area contributed by atoms with Gasteiger partial charge in [-0.25, -0.2) is 9.97 Å². The van der Waals surface area contributed by atoms with Gasteiger partial charge in [-0.1, -0.05) is 0 Å². The van der Waals surface area contributed by atoms with E-state index in [1.54, 1.807) is 6.07 Å². The third-order valence-electron chi connectivity index (χ3n) is 1.99. The van der Waals surface area contributed by atoms with Gasteiger partial charge in [0, 0.05) is 10.9 Å². The van der Waals surface area contributed by atoms with Gasteiger partial charge in [0.05, 0.1) is 10.6 Å². The van der Waals surface area contributed by atoms with Crippen molar-refractivity contribution in [2.75, 3.05) is 5.73 Å². The molecule has 0 saturated carbocycles. The van der Waals surface area contributed by atoms with Crippen LogP contribution in [-0.2, 0) is 6.18 Å². The first kappa shape index (κ1) is 11.8. The zero-order valence-electron chi connectivity index (χ0n) is 8.75. The number of nitrogens with two attached hydrogens (primary N) is 1. The van der Waals surface area contributed by atoms with E-state index >= 15 is 0 Å². The van der Waals surface area contributed by atoms with Gasteiger partial charge in [-0.3, -0.25) is 0 Å². The van der Waals surface area contributed by atoms with E-state index in [9.17, 15) is 13.2 Å². The summed E-state index contributed by atoms with van der Waals surface area (Å²) in [7, 11) is 0. The number of halogens is 3. The van der Waals surface area contributed by atoms with Crippen molar-refractivity contribution in [1.29, 1.82) is 0 Å². The fourth-order valence-electron chi connectivity index (χ4n) is 1.29. The Morgan fingerprint density at radius 2 is 1.94 bits per heavy atom. The molecule has 17 heavy (non-hydrogen) atoms. The lowest BCUT2D eigenvalue weighted by molar-refractivity contribution is -0.144. The lowest BCUT2D eigenvalue weighted by atomic mass is 10.3. The van der Waals surface area contributed by atoms with Gasteiger partial charge in [-0.15, -0.1) is 11.3 Å². The summed E-state index contributed by atoms with van der Waals surface area (Å²) >= 11 is 1.36. The Kier molecular flexibility index (Phi) is 2.78. The van der Waals surface area contributed by atoms with Crippen LogP contribution in [0.15, 0.2) is 18.2 Å². The quantitative estimate of drug-likeness (QED) is 0.856. The number of thiophene rings is 1. The maximum absolute atomic E-state index is 12.5. The second-order valence-corrected chi connectivity index (χ2v) is 4.70. The summed E-state index contributed by atoms with van der Waals surface area (Å²) in [6.07, 6.45) is -4.59. The fourth-order valence-corrected chi connectivity index (χ4v) is 2.12. The molecule has 0 unspecified atom stereocenters. The van der Waals surface area contributed by atoms with Crippen LogP contribution in [0, 0.1) is 6.92 Å². The Labute approximate surface area is 99.1 Å². The summed E-state index contributed by atoms with van der Waals surface area (Å²) in [6, 6.07) is 4.86. The lowest BCUT2D eigenvalue weighted by Crippen LogP contribution is -2.12. The van der Waals surface area contributed by atoms with Crippen LogP contribution in [0.4, 0.5) is 19.0 Å².